The maximum atomic E-state index is 13.6. The minimum Gasteiger partial charge on any atom is -0.391 e. The maximum absolute atomic E-state index is 13.6. The van der Waals surface area contributed by atoms with Crippen molar-refractivity contribution in [1.82, 2.24) is 4.57 Å². The Labute approximate surface area is 212 Å². The van der Waals surface area contributed by atoms with E-state index in [9.17, 15) is 28.2 Å². The van der Waals surface area contributed by atoms with Crippen molar-refractivity contribution >= 4 is 0 Å². The quantitative estimate of drug-likeness (QED) is 0.540. The molecule has 1 aromatic rings. The lowest BCUT2D eigenvalue weighted by atomic mass is 9.43. The minimum absolute atomic E-state index is 0.0621. The Balaban J connectivity index is 1.32. The van der Waals surface area contributed by atoms with E-state index >= 15 is 0 Å². The van der Waals surface area contributed by atoms with E-state index in [1.165, 1.54) is 6.07 Å². The molecule has 4 aliphatic rings. The van der Waals surface area contributed by atoms with Gasteiger partial charge in [-0.1, -0.05) is 26.8 Å². The van der Waals surface area contributed by atoms with Gasteiger partial charge in [0.1, 0.15) is 0 Å². The van der Waals surface area contributed by atoms with Crippen LogP contribution in [0.1, 0.15) is 78.6 Å². The molecular weight excluding hydrogens is 467 g/mol. The number of fused-ring (bicyclic) bond motifs is 5. The number of halogens is 3. The number of rotatable bonds is 4. The Morgan fingerprint density at radius 1 is 1.03 bits per heavy atom. The Bertz CT molecular complexity index is 1030. The molecule has 4 nitrogen and oxygen atoms in total. The molecule has 202 valence electrons. The van der Waals surface area contributed by atoms with Crippen molar-refractivity contribution in [2.45, 2.75) is 103 Å². The summed E-state index contributed by atoms with van der Waals surface area (Å²) in [7, 11) is 0. The van der Waals surface area contributed by atoms with Gasteiger partial charge in [0.2, 0.25) is 0 Å². The molecule has 10 atom stereocenters. The number of aliphatic hydroxyl groups excluding tert-OH is 1. The molecule has 4 saturated carbocycles. The first-order valence-electron chi connectivity index (χ1n) is 13.9. The number of aliphatic hydroxyl groups is 2. The van der Waals surface area contributed by atoms with E-state index in [-0.39, 0.29) is 41.1 Å². The second-order valence-electron chi connectivity index (χ2n) is 13.2. The van der Waals surface area contributed by atoms with E-state index in [0.29, 0.717) is 36.6 Å². The molecule has 5 rings (SSSR count). The molecule has 7 heteroatoms. The molecular formula is C29H42F3NO3. The standard InChI is InChI=1S/C29H42F3NO3/c1-18(24(34)17-33-15-5-4-6-25(33)35)21-9-10-22-20-8-7-19-16-28(36,29(30,31)32)14-13-26(19,2)23(20)11-12-27(21,22)3/h4-6,15,18-24,34,36H,7-14,16-17H2,1-3H3/t18-,19+,20-,21+,22-,23-,24+,26-,27+,28+/m0/s1. The minimum atomic E-state index is -4.56. The van der Waals surface area contributed by atoms with Crippen LogP contribution in [0.15, 0.2) is 29.2 Å². The number of hydrogen-bond acceptors (Lipinski definition) is 3. The van der Waals surface area contributed by atoms with Crippen LogP contribution in [0.4, 0.5) is 13.2 Å². The maximum Gasteiger partial charge on any atom is 0.417 e. The highest BCUT2D eigenvalue weighted by molar-refractivity contribution is 5.12. The third-order valence-corrected chi connectivity index (χ3v) is 11.9. The third-order valence-electron chi connectivity index (χ3n) is 11.9. The lowest BCUT2D eigenvalue weighted by Gasteiger charge is -2.62. The fraction of sp³-hybridized carbons (Fsp3) is 0.828. The van der Waals surface area contributed by atoms with Gasteiger partial charge in [-0.3, -0.25) is 4.79 Å². The summed E-state index contributed by atoms with van der Waals surface area (Å²) in [5.41, 5.74) is -2.67. The molecule has 0 saturated heterocycles. The smallest absolute Gasteiger partial charge is 0.391 e. The van der Waals surface area contributed by atoms with E-state index in [2.05, 4.69) is 20.8 Å². The summed E-state index contributed by atoms with van der Waals surface area (Å²) in [4.78, 5) is 12.2. The first-order valence-corrected chi connectivity index (χ1v) is 13.9. The van der Waals surface area contributed by atoms with Gasteiger partial charge in [0.15, 0.2) is 5.60 Å². The molecule has 1 aromatic heterocycles. The fourth-order valence-corrected chi connectivity index (χ4v) is 9.65. The van der Waals surface area contributed by atoms with Crippen molar-refractivity contribution in [3.05, 3.63) is 34.7 Å². The van der Waals surface area contributed by atoms with Crippen LogP contribution in [0.3, 0.4) is 0 Å². The highest BCUT2D eigenvalue weighted by atomic mass is 19.4. The summed E-state index contributed by atoms with van der Waals surface area (Å²) in [5.74, 6) is 1.79. The van der Waals surface area contributed by atoms with E-state index in [0.717, 1.165) is 38.5 Å². The number of nitrogens with zero attached hydrogens (tertiary/aromatic N) is 1. The monoisotopic (exact) mass is 509 g/mol. The summed E-state index contributed by atoms with van der Waals surface area (Å²) in [5, 5.41) is 21.6. The molecule has 0 radical (unpaired) electrons. The highest BCUT2D eigenvalue weighted by Crippen LogP contribution is 2.69. The van der Waals surface area contributed by atoms with Gasteiger partial charge in [0, 0.05) is 12.3 Å². The zero-order valence-electron chi connectivity index (χ0n) is 21.8. The van der Waals surface area contributed by atoms with Gasteiger partial charge in [0.05, 0.1) is 12.6 Å². The predicted molar refractivity (Wildman–Crippen MR) is 132 cm³/mol. The Morgan fingerprint density at radius 2 is 1.75 bits per heavy atom. The average Bonchev–Trinajstić information content (AvgIpc) is 3.17. The Kier molecular flexibility index (Phi) is 6.47. The molecule has 0 bridgehead atoms. The molecule has 4 fully saturated rings. The molecule has 0 unspecified atom stereocenters. The summed E-state index contributed by atoms with van der Waals surface area (Å²) in [6.45, 7) is 7.02. The molecule has 0 spiro atoms. The first-order chi connectivity index (χ1) is 16.8. The van der Waals surface area contributed by atoms with Crippen LogP contribution in [0.5, 0.6) is 0 Å². The van der Waals surface area contributed by atoms with Crippen LogP contribution in [0.25, 0.3) is 0 Å². The Morgan fingerprint density at radius 3 is 2.44 bits per heavy atom. The van der Waals surface area contributed by atoms with E-state index < -0.39 is 17.9 Å². The lowest BCUT2D eigenvalue weighted by Crippen LogP contribution is -2.59. The summed E-state index contributed by atoms with van der Waals surface area (Å²) in [6.07, 6.45) is 2.62. The molecule has 1 heterocycles. The average molecular weight is 510 g/mol. The Hall–Kier alpha value is -1.34. The largest absolute Gasteiger partial charge is 0.417 e. The van der Waals surface area contributed by atoms with Crippen molar-refractivity contribution in [2.24, 2.45) is 46.3 Å². The number of aromatic nitrogens is 1. The van der Waals surface area contributed by atoms with Crippen LogP contribution in [-0.2, 0) is 6.54 Å². The number of pyridine rings is 1. The molecule has 0 amide bonds. The topological polar surface area (TPSA) is 62.5 Å². The van der Waals surface area contributed by atoms with Gasteiger partial charge < -0.3 is 14.8 Å². The van der Waals surface area contributed by atoms with Crippen LogP contribution in [-0.4, -0.2) is 32.7 Å². The summed E-state index contributed by atoms with van der Waals surface area (Å²) >= 11 is 0. The zero-order valence-corrected chi connectivity index (χ0v) is 21.8. The molecule has 0 aliphatic heterocycles. The normalized spacial score (nSPS) is 44.3. The molecule has 2 N–H and O–H groups in total. The van der Waals surface area contributed by atoms with Crippen molar-refractivity contribution in [3.63, 3.8) is 0 Å². The van der Waals surface area contributed by atoms with E-state index in [1.807, 2.05) is 6.07 Å². The van der Waals surface area contributed by atoms with Gasteiger partial charge in [0.25, 0.3) is 5.56 Å². The van der Waals surface area contributed by atoms with Gasteiger partial charge in [-0.05, 0) is 110 Å². The van der Waals surface area contributed by atoms with Crippen LogP contribution < -0.4 is 5.56 Å². The van der Waals surface area contributed by atoms with Gasteiger partial charge in [-0.2, -0.15) is 13.2 Å². The van der Waals surface area contributed by atoms with Crippen LogP contribution in [0.2, 0.25) is 0 Å². The second kappa shape index (κ2) is 8.86. The van der Waals surface area contributed by atoms with Gasteiger partial charge >= 0.3 is 6.18 Å². The van der Waals surface area contributed by atoms with Crippen molar-refractivity contribution in [1.29, 1.82) is 0 Å². The third kappa shape index (κ3) is 3.98. The summed E-state index contributed by atoms with van der Waals surface area (Å²) < 4.78 is 42.5. The van der Waals surface area contributed by atoms with Gasteiger partial charge in [-0.25, -0.2) is 0 Å². The second-order valence-corrected chi connectivity index (χ2v) is 13.2. The molecule has 4 aliphatic carbocycles. The van der Waals surface area contributed by atoms with Crippen LogP contribution >= 0.6 is 0 Å². The number of alkyl halides is 3. The van der Waals surface area contributed by atoms with Crippen LogP contribution in [0, 0.1) is 46.3 Å². The fourth-order valence-electron chi connectivity index (χ4n) is 9.65. The summed E-state index contributed by atoms with van der Waals surface area (Å²) in [6, 6.07) is 5.04. The zero-order chi connectivity index (χ0) is 26.1. The van der Waals surface area contributed by atoms with Crippen molar-refractivity contribution < 1.29 is 23.4 Å². The predicted octanol–water partition coefficient (Wildman–Crippen LogP) is 5.80. The molecule has 0 aromatic carbocycles. The molecule has 36 heavy (non-hydrogen) atoms. The lowest BCUT2D eigenvalue weighted by molar-refractivity contribution is -0.290. The van der Waals surface area contributed by atoms with E-state index in [4.69, 9.17) is 0 Å². The first kappa shape index (κ1) is 26.3. The van der Waals surface area contributed by atoms with Gasteiger partial charge in [-0.15, -0.1) is 0 Å². The number of hydrogen-bond donors (Lipinski definition) is 2. The highest BCUT2D eigenvalue weighted by Gasteiger charge is 2.65. The van der Waals surface area contributed by atoms with Crippen molar-refractivity contribution in [3.8, 4) is 0 Å². The van der Waals surface area contributed by atoms with Crippen molar-refractivity contribution in [2.75, 3.05) is 0 Å². The SMILES string of the molecule is C[C@H]([C@H](O)Cn1ccccc1=O)[C@H]1CC[C@H]2[C@@H]3CC[C@@H]4C[C@@](O)(C(F)(F)F)CC[C@]4(C)[C@H]3CC[C@]12C. The van der Waals surface area contributed by atoms with E-state index in [1.54, 1.807) is 16.8 Å².